The molecule has 1 aromatic rings. The van der Waals surface area contributed by atoms with Crippen LogP contribution < -0.4 is 5.32 Å². The zero-order chi connectivity index (χ0) is 12.7. The quantitative estimate of drug-likeness (QED) is 0.692. The van der Waals surface area contributed by atoms with Crippen molar-refractivity contribution in [2.45, 2.75) is 25.5 Å². The Morgan fingerprint density at radius 2 is 2.41 bits per heavy atom. The maximum atomic E-state index is 11.5. The van der Waals surface area contributed by atoms with Crippen molar-refractivity contribution in [3.05, 3.63) is 18.5 Å². The minimum absolute atomic E-state index is 0.160. The van der Waals surface area contributed by atoms with Gasteiger partial charge in [0.15, 0.2) is 0 Å². The normalized spacial score (nSPS) is 14.3. The fraction of sp³-hybridized carbons (Fsp3) is 0.636. The Morgan fingerprint density at radius 1 is 1.65 bits per heavy atom. The van der Waals surface area contributed by atoms with Gasteiger partial charge in [0.25, 0.3) is 0 Å². The highest BCUT2D eigenvalue weighted by atomic mass is 16.5. The molecule has 0 aliphatic heterocycles. The summed E-state index contributed by atoms with van der Waals surface area (Å²) in [5, 5.41) is 16.5. The molecule has 0 fully saturated rings. The molecule has 1 atom stereocenters. The molecule has 6 nitrogen and oxygen atoms in total. The molecule has 1 amide bonds. The van der Waals surface area contributed by atoms with Gasteiger partial charge >= 0.3 is 0 Å². The molecule has 0 bridgehead atoms. The summed E-state index contributed by atoms with van der Waals surface area (Å²) in [6, 6.07) is 1.75. The lowest BCUT2D eigenvalue weighted by Gasteiger charge is -2.23. The molecule has 0 aliphatic carbocycles. The number of aromatic nitrogens is 2. The van der Waals surface area contributed by atoms with Crippen LogP contribution in [-0.4, -0.2) is 46.7 Å². The first-order valence-electron chi connectivity index (χ1n) is 5.49. The van der Waals surface area contributed by atoms with Gasteiger partial charge in [-0.2, -0.15) is 5.10 Å². The second kappa shape index (κ2) is 6.36. The van der Waals surface area contributed by atoms with Crippen molar-refractivity contribution in [1.29, 1.82) is 0 Å². The number of amides is 1. The minimum atomic E-state index is -0.949. The molecule has 0 saturated carbocycles. The van der Waals surface area contributed by atoms with Gasteiger partial charge in [-0.3, -0.25) is 9.48 Å². The number of carbonyl (C=O) groups is 1. The predicted molar refractivity (Wildman–Crippen MR) is 62.4 cm³/mol. The molecule has 0 radical (unpaired) electrons. The number of nitrogens with zero attached hydrogens (tertiary/aromatic N) is 2. The highest BCUT2D eigenvalue weighted by molar-refractivity contribution is 5.75. The van der Waals surface area contributed by atoms with Crippen molar-refractivity contribution in [1.82, 2.24) is 15.1 Å². The highest BCUT2D eigenvalue weighted by Crippen LogP contribution is 2.07. The number of methoxy groups -OCH3 is 1. The lowest BCUT2D eigenvalue weighted by molar-refractivity contribution is -0.123. The van der Waals surface area contributed by atoms with Crippen molar-refractivity contribution in [2.24, 2.45) is 0 Å². The van der Waals surface area contributed by atoms with E-state index < -0.39 is 5.60 Å². The average molecular weight is 241 g/mol. The Kier molecular flexibility index (Phi) is 5.11. The van der Waals surface area contributed by atoms with E-state index in [1.165, 1.54) is 4.68 Å². The van der Waals surface area contributed by atoms with Gasteiger partial charge in [-0.25, -0.2) is 0 Å². The van der Waals surface area contributed by atoms with Crippen LogP contribution in [0.25, 0.3) is 0 Å². The number of carbonyl (C=O) groups excluding carboxylic acids is 1. The van der Waals surface area contributed by atoms with Gasteiger partial charge in [0.1, 0.15) is 6.54 Å². The highest BCUT2D eigenvalue weighted by Gasteiger charge is 2.20. The molecule has 0 spiro atoms. The zero-order valence-electron chi connectivity index (χ0n) is 10.2. The molecule has 0 saturated heterocycles. The molecule has 6 heteroatoms. The third-order valence-corrected chi connectivity index (χ3v) is 2.38. The van der Waals surface area contributed by atoms with E-state index in [0.717, 1.165) is 0 Å². The lowest BCUT2D eigenvalue weighted by atomic mass is 10.0. The molecular formula is C11H19N3O3. The summed E-state index contributed by atoms with van der Waals surface area (Å²) in [5.41, 5.74) is -0.949. The van der Waals surface area contributed by atoms with E-state index in [2.05, 4.69) is 10.4 Å². The first-order chi connectivity index (χ1) is 8.03. The van der Waals surface area contributed by atoms with E-state index in [-0.39, 0.29) is 19.0 Å². The number of nitrogens with one attached hydrogen (secondary N) is 1. The van der Waals surface area contributed by atoms with Gasteiger partial charge in [0.05, 0.1) is 5.60 Å². The number of rotatable bonds is 7. The molecule has 0 aromatic carbocycles. The van der Waals surface area contributed by atoms with Crippen molar-refractivity contribution < 1.29 is 14.6 Å². The van der Waals surface area contributed by atoms with Gasteiger partial charge in [0, 0.05) is 39.1 Å². The minimum Gasteiger partial charge on any atom is -0.388 e. The Labute approximate surface area is 101 Å². The molecular weight excluding hydrogens is 222 g/mol. The van der Waals surface area contributed by atoms with E-state index in [1.807, 2.05) is 0 Å². The first kappa shape index (κ1) is 13.7. The SMILES string of the molecule is COCCC(C)(O)CNC(=O)Cn1cccn1. The summed E-state index contributed by atoms with van der Waals surface area (Å²) in [7, 11) is 1.58. The molecule has 2 N–H and O–H groups in total. The van der Waals surface area contributed by atoms with Gasteiger partial charge in [-0.15, -0.1) is 0 Å². The smallest absolute Gasteiger partial charge is 0.241 e. The molecule has 0 aliphatic rings. The van der Waals surface area contributed by atoms with E-state index >= 15 is 0 Å². The van der Waals surface area contributed by atoms with Crippen LogP contribution in [-0.2, 0) is 16.1 Å². The summed E-state index contributed by atoms with van der Waals surface area (Å²) < 4.78 is 6.41. The molecule has 1 heterocycles. The van der Waals surface area contributed by atoms with Gasteiger partial charge in [-0.1, -0.05) is 0 Å². The van der Waals surface area contributed by atoms with Crippen LogP contribution in [0.5, 0.6) is 0 Å². The van der Waals surface area contributed by atoms with Crippen molar-refractivity contribution in [3.8, 4) is 0 Å². The van der Waals surface area contributed by atoms with Crippen LogP contribution >= 0.6 is 0 Å². The monoisotopic (exact) mass is 241 g/mol. The number of hydrogen-bond donors (Lipinski definition) is 2. The summed E-state index contributed by atoms with van der Waals surface area (Å²) in [6.45, 7) is 2.49. The second-order valence-corrected chi connectivity index (χ2v) is 4.22. The first-order valence-corrected chi connectivity index (χ1v) is 5.49. The molecule has 1 rings (SSSR count). The molecule has 17 heavy (non-hydrogen) atoms. The molecule has 1 unspecified atom stereocenters. The van der Waals surface area contributed by atoms with Crippen LogP contribution in [0.1, 0.15) is 13.3 Å². The van der Waals surface area contributed by atoms with Crippen LogP contribution in [0.3, 0.4) is 0 Å². The Hall–Kier alpha value is -1.40. The largest absolute Gasteiger partial charge is 0.388 e. The predicted octanol–water partition coefficient (Wildman–Crippen LogP) is -0.213. The van der Waals surface area contributed by atoms with Gasteiger partial charge in [-0.05, 0) is 13.0 Å². The number of ether oxygens (including phenoxy) is 1. The summed E-state index contributed by atoms with van der Waals surface area (Å²) in [6.07, 6.45) is 3.80. The van der Waals surface area contributed by atoms with Gasteiger partial charge in [0.2, 0.25) is 5.91 Å². The summed E-state index contributed by atoms with van der Waals surface area (Å²) in [5.74, 6) is -0.175. The van der Waals surface area contributed by atoms with Gasteiger partial charge < -0.3 is 15.2 Å². The molecule has 1 aromatic heterocycles. The average Bonchev–Trinajstić information content (AvgIpc) is 2.77. The fourth-order valence-corrected chi connectivity index (χ4v) is 1.30. The topological polar surface area (TPSA) is 76.4 Å². The van der Waals surface area contributed by atoms with Crippen molar-refractivity contribution in [2.75, 3.05) is 20.3 Å². The van der Waals surface area contributed by atoms with Crippen LogP contribution in [0.2, 0.25) is 0 Å². The number of aliphatic hydroxyl groups is 1. The standard InChI is InChI=1S/C11H19N3O3/c1-11(16,4-7-17-2)9-12-10(15)8-14-6-3-5-13-14/h3,5-6,16H,4,7-9H2,1-2H3,(H,12,15). The van der Waals surface area contributed by atoms with E-state index in [4.69, 9.17) is 4.74 Å². The van der Waals surface area contributed by atoms with Crippen LogP contribution in [0, 0.1) is 0 Å². The number of hydrogen-bond acceptors (Lipinski definition) is 4. The molecule has 96 valence electrons. The Balaban J connectivity index is 2.27. The third-order valence-electron chi connectivity index (χ3n) is 2.38. The van der Waals surface area contributed by atoms with E-state index in [1.54, 1.807) is 32.5 Å². The van der Waals surface area contributed by atoms with Crippen molar-refractivity contribution >= 4 is 5.91 Å². The van der Waals surface area contributed by atoms with Crippen LogP contribution in [0.15, 0.2) is 18.5 Å². The Morgan fingerprint density at radius 3 is 3.00 bits per heavy atom. The van der Waals surface area contributed by atoms with E-state index in [0.29, 0.717) is 13.0 Å². The van der Waals surface area contributed by atoms with E-state index in [9.17, 15) is 9.90 Å². The zero-order valence-corrected chi connectivity index (χ0v) is 10.2. The summed E-state index contributed by atoms with van der Waals surface area (Å²) in [4.78, 5) is 11.5. The Bertz CT molecular complexity index is 336. The fourth-order valence-electron chi connectivity index (χ4n) is 1.30. The van der Waals surface area contributed by atoms with Crippen molar-refractivity contribution in [3.63, 3.8) is 0 Å². The summed E-state index contributed by atoms with van der Waals surface area (Å²) >= 11 is 0. The third kappa shape index (κ3) is 5.46. The van der Waals surface area contributed by atoms with Crippen LogP contribution in [0.4, 0.5) is 0 Å². The maximum absolute atomic E-state index is 11.5. The lowest BCUT2D eigenvalue weighted by Crippen LogP contribution is -2.42. The maximum Gasteiger partial charge on any atom is 0.241 e. The second-order valence-electron chi connectivity index (χ2n) is 4.22.